The number of hydrogen-bond donors (Lipinski definition) is 0. The lowest BCUT2D eigenvalue weighted by molar-refractivity contribution is 0.467. The van der Waals surface area contributed by atoms with Crippen LogP contribution in [0.25, 0.3) is 0 Å². The van der Waals surface area contributed by atoms with Crippen molar-refractivity contribution in [2.24, 2.45) is 0 Å². The highest BCUT2D eigenvalue weighted by molar-refractivity contribution is 7.88. The van der Waals surface area contributed by atoms with Gasteiger partial charge in [0.2, 0.25) is 10.0 Å². The highest BCUT2D eigenvalue weighted by atomic mass is 32.2. The second-order valence-corrected chi connectivity index (χ2v) is 9.63. The molecule has 0 saturated carbocycles. The van der Waals surface area contributed by atoms with E-state index in [0.717, 1.165) is 17.1 Å². The zero-order valence-corrected chi connectivity index (χ0v) is 17.4. The molecule has 8 heteroatoms. The van der Waals surface area contributed by atoms with E-state index in [1.165, 1.54) is 28.6 Å². The number of imidazole rings is 1. The maximum atomic E-state index is 13.9. The lowest BCUT2D eigenvalue weighted by Crippen LogP contribution is -2.30. The van der Waals surface area contributed by atoms with Crippen LogP contribution in [-0.4, -0.2) is 35.4 Å². The molecule has 2 aromatic carbocycles. The second kappa shape index (κ2) is 8.28. The summed E-state index contributed by atoms with van der Waals surface area (Å²) in [6.45, 7) is 3.18. The fraction of sp³-hybridized carbons (Fsp3) is 0.318. The zero-order chi connectivity index (χ0) is 21.3. The van der Waals surface area contributed by atoms with E-state index in [-0.39, 0.29) is 23.1 Å². The number of aryl methyl sites for hydroxylation is 1. The molecule has 2 heterocycles. The van der Waals surface area contributed by atoms with Gasteiger partial charge in [0, 0.05) is 43.0 Å². The predicted octanol–water partition coefficient (Wildman–Crippen LogP) is 3.84. The molecule has 1 saturated heterocycles. The first-order valence-electron chi connectivity index (χ1n) is 9.81. The van der Waals surface area contributed by atoms with E-state index in [1.807, 2.05) is 11.5 Å². The standard InChI is InChI=1S/C22H23F2N3O2S/c1-16-12-25-22(27(16)13-17-6-8-20(23)9-7-17)18-10-11-26(14-18)30(28,29)15-19-4-2-3-5-21(19)24/h2-9,12,18H,10-11,13-15H2,1H3. The van der Waals surface area contributed by atoms with Crippen LogP contribution in [0.15, 0.2) is 54.7 Å². The highest BCUT2D eigenvalue weighted by Gasteiger charge is 2.34. The van der Waals surface area contributed by atoms with E-state index < -0.39 is 15.8 Å². The molecule has 0 radical (unpaired) electrons. The smallest absolute Gasteiger partial charge is 0.218 e. The Morgan fingerprint density at radius 3 is 2.57 bits per heavy atom. The van der Waals surface area contributed by atoms with E-state index in [2.05, 4.69) is 4.98 Å². The maximum absolute atomic E-state index is 13.9. The first-order valence-corrected chi connectivity index (χ1v) is 11.4. The quantitative estimate of drug-likeness (QED) is 0.596. The number of nitrogens with zero attached hydrogens (tertiary/aromatic N) is 3. The highest BCUT2D eigenvalue weighted by Crippen LogP contribution is 2.30. The number of hydrogen-bond acceptors (Lipinski definition) is 3. The van der Waals surface area contributed by atoms with Crippen molar-refractivity contribution in [2.45, 2.75) is 31.6 Å². The molecule has 1 atom stereocenters. The average Bonchev–Trinajstić information content (AvgIpc) is 3.33. The summed E-state index contributed by atoms with van der Waals surface area (Å²) in [6, 6.07) is 12.3. The Labute approximate surface area is 175 Å². The summed E-state index contributed by atoms with van der Waals surface area (Å²) in [5, 5.41) is 0. The van der Waals surface area contributed by atoms with E-state index in [0.29, 0.717) is 26.1 Å². The number of sulfonamides is 1. The van der Waals surface area contributed by atoms with Crippen LogP contribution in [0.5, 0.6) is 0 Å². The monoisotopic (exact) mass is 431 g/mol. The third kappa shape index (κ3) is 4.29. The molecule has 5 nitrogen and oxygen atoms in total. The van der Waals surface area contributed by atoms with Crippen molar-refractivity contribution in [3.8, 4) is 0 Å². The Hall–Kier alpha value is -2.58. The van der Waals surface area contributed by atoms with Crippen LogP contribution in [0.4, 0.5) is 8.78 Å². The summed E-state index contributed by atoms with van der Waals surface area (Å²) in [5.41, 5.74) is 2.08. The van der Waals surface area contributed by atoms with Crippen molar-refractivity contribution < 1.29 is 17.2 Å². The van der Waals surface area contributed by atoms with E-state index in [9.17, 15) is 17.2 Å². The van der Waals surface area contributed by atoms with Gasteiger partial charge >= 0.3 is 0 Å². The van der Waals surface area contributed by atoms with Gasteiger partial charge in [0.15, 0.2) is 0 Å². The Morgan fingerprint density at radius 2 is 1.83 bits per heavy atom. The third-order valence-corrected chi connectivity index (χ3v) is 7.34. The van der Waals surface area contributed by atoms with Crippen molar-refractivity contribution in [2.75, 3.05) is 13.1 Å². The predicted molar refractivity (Wildman–Crippen MR) is 110 cm³/mol. The molecule has 0 N–H and O–H groups in total. The topological polar surface area (TPSA) is 55.2 Å². The minimum Gasteiger partial charge on any atom is -0.328 e. The van der Waals surface area contributed by atoms with E-state index in [1.54, 1.807) is 30.5 Å². The molecule has 3 aromatic rings. The summed E-state index contributed by atoms with van der Waals surface area (Å²) in [4.78, 5) is 4.53. The summed E-state index contributed by atoms with van der Waals surface area (Å²) in [6.07, 6.45) is 2.42. The van der Waals surface area contributed by atoms with Crippen molar-refractivity contribution >= 4 is 10.0 Å². The molecule has 1 unspecified atom stereocenters. The average molecular weight is 432 g/mol. The molecule has 30 heavy (non-hydrogen) atoms. The van der Waals surface area contributed by atoms with Crippen LogP contribution < -0.4 is 0 Å². The van der Waals surface area contributed by atoms with Gasteiger partial charge in [-0.1, -0.05) is 30.3 Å². The van der Waals surface area contributed by atoms with Crippen molar-refractivity contribution in [3.05, 3.63) is 89.0 Å². The lowest BCUT2D eigenvalue weighted by atomic mass is 10.1. The molecule has 0 aliphatic carbocycles. The zero-order valence-electron chi connectivity index (χ0n) is 16.6. The molecule has 4 rings (SSSR count). The van der Waals surface area contributed by atoms with Gasteiger partial charge in [-0.05, 0) is 37.1 Å². The fourth-order valence-corrected chi connectivity index (χ4v) is 5.48. The van der Waals surface area contributed by atoms with Crippen LogP contribution in [0.2, 0.25) is 0 Å². The van der Waals surface area contributed by atoms with Gasteiger partial charge in [0.1, 0.15) is 17.5 Å². The molecule has 1 aliphatic heterocycles. The second-order valence-electron chi connectivity index (χ2n) is 7.66. The Bertz CT molecular complexity index is 1140. The van der Waals surface area contributed by atoms with Crippen molar-refractivity contribution in [3.63, 3.8) is 0 Å². The van der Waals surface area contributed by atoms with Gasteiger partial charge < -0.3 is 4.57 Å². The van der Waals surface area contributed by atoms with E-state index in [4.69, 9.17) is 0 Å². The Morgan fingerprint density at radius 1 is 1.10 bits per heavy atom. The number of halogens is 2. The summed E-state index contributed by atoms with van der Waals surface area (Å²) < 4.78 is 56.3. The molecular formula is C22H23F2N3O2S. The van der Waals surface area contributed by atoms with Crippen LogP contribution in [0.3, 0.4) is 0 Å². The normalized spacial score (nSPS) is 17.5. The third-order valence-electron chi connectivity index (χ3n) is 5.55. The molecule has 1 aromatic heterocycles. The molecule has 1 fully saturated rings. The van der Waals surface area contributed by atoms with Crippen LogP contribution in [-0.2, 0) is 22.3 Å². The van der Waals surface area contributed by atoms with Crippen LogP contribution >= 0.6 is 0 Å². The van der Waals surface area contributed by atoms with Gasteiger partial charge in [-0.15, -0.1) is 0 Å². The number of benzene rings is 2. The minimum atomic E-state index is -3.63. The molecule has 1 aliphatic rings. The first-order chi connectivity index (χ1) is 14.3. The van der Waals surface area contributed by atoms with Gasteiger partial charge in [0.25, 0.3) is 0 Å². The minimum absolute atomic E-state index is 0.0467. The SMILES string of the molecule is Cc1cnc(C2CCN(S(=O)(=O)Cc3ccccc3F)C2)n1Cc1ccc(F)cc1. The molecular weight excluding hydrogens is 408 g/mol. The summed E-state index contributed by atoms with van der Waals surface area (Å²) in [7, 11) is -3.63. The fourth-order valence-electron chi connectivity index (χ4n) is 3.88. The Balaban J connectivity index is 1.51. The van der Waals surface area contributed by atoms with Crippen molar-refractivity contribution in [1.82, 2.24) is 13.9 Å². The van der Waals surface area contributed by atoms with Gasteiger partial charge in [-0.2, -0.15) is 0 Å². The lowest BCUT2D eigenvalue weighted by Gasteiger charge is -2.18. The van der Waals surface area contributed by atoms with Gasteiger partial charge in [0.05, 0.1) is 5.75 Å². The largest absolute Gasteiger partial charge is 0.328 e. The van der Waals surface area contributed by atoms with Crippen LogP contribution in [0, 0.1) is 18.6 Å². The van der Waals surface area contributed by atoms with E-state index >= 15 is 0 Å². The maximum Gasteiger partial charge on any atom is 0.218 e. The molecule has 0 bridgehead atoms. The molecule has 158 valence electrons. The Kier molecular flexibility index (Phi) is 5.71. The van der Waals surface area contributed by atoms with Gasteiger partial charge in [-0.3, -0.25) is 0 Å². The molecule has 0 spiro atoms. The van der Waals surface area contributed by atoms with Crippen LogP contribution in [0.1, 0.15) is 35.0 Å². The number of rotatable bonds is 6. The first kappa shape index (κ1) is 20.7. The summed E-state index contributed by atoms with van der Waals surface area (Å²) in [5.74, 6) is -0.375. The summed E-state index contributed by atoms with van der Waals surface area (Å²) >= 11 is 0. The number of aromatic nitrogens is 2. The van der Waals surface area contributed by atoms with Gasteiger partial charge in [-0.25, -0.2) is 26.5 Å². The molecule has 0 amide bonds. The van der Waals surface area contributed by atoms with Crippen molar-refractivity contribution in [1.29, 1.82) is 0 Å².